The van der Waals surface area contributed by atoms with Crippen LogP contribution in [-0.4, -0.2) is 30.3 Å². The number of carbonyl (C=O) groups is 1. The summed E-state index contributed by atoms with van der Waals surface area (Å²) in [5.41, 5.74) is 6.04. The molecule has 6 heteroatoms. The van der Waals surface area contributed by atoms with Crippen LogP contribution in [0.5, 0.6) is 5.75 Å². The van der Waals surface area contributed by atoms with Gasteiger partial charge in [-0.1, -0.05) is 25.3 Å². The molecule has 1 fully saturated rings. The molecule has 0 bridgehead atoms. The molecule has 1 aromatic carbocycles. The highest BCUT2D eigenvalue weighted by atomic mass is 19.1. The van der Waals surface area contributed by atoms with Gasteiger partial charge in [0.1, 0.15) is 23.4 Å². The smallest absolute Gasteiger partial charge is 0.319 e. The maximum Gasteiger partial charge on any atom is 0.319 e. The summed E-state index contributed by atoms with van der Waals surface area (Å²) in [4.78, 5) is 11.1. The minimum absolute atomic E-state index is 0.140. The van der Waals surface area contributed by atoms with Crippen LogP contribution < -0.4 is 10.5 Å². The van der Waals surface area contributed by atoms with Crippen LogP contribution in [0.3, 0.4) is 0 Å². The Kier molecular flexibility index (Phi) is 9.90. The number of carbonyl (C=O) groups excluding carboxylic acids is 1. The predicted molar refractivity (Wildman–Crippen MR) is 104 cm³/mol. The second-order valence-electron chi connectivity index (χ2n) is 6.25. The van der Waals surface area contributed by atoms with Gasteiger partial charge in [0.05, 0.1) is 13.2 Å². The predicted octanol–water partition coefficient (Wildman–Crippen LogP) is 3.85. The van der Waals surface area contributed by atoms with E-state index in [9.17, 15) is 9.18 Å². The third-order valence-electron chi connectivity index (χ3n) is 3.71. The van der Waals surface area contributed by atoms with Gasteiger partial charge in [0.25, 0.3) is 0 Å². The average Bonchev–Trinajstić information content (AvgIpc) is 3.46. The Hall–Kier alpha value is -2.60. The highest BCUT2D eigenvalue weighted by Gasteiger charge is 2.23. The van der Waals surface area contributed by atoms with Gasteiger partial charge in [0.2, 0.25) is 0 Å². The molecule has 0 amide bonds. The van der Waals surface area contributed by atoms with Crippen LogP contribution in [0.15, 0.2) is 55.3 Å². The second-order valence-corrected chi connectivity index (χ2v) is 6.25. The van der Waals surface area contributed by atoms with Crippen LogP contribution in [0.25, 0.3) is 0 Å². The fourth-order valence-corrected chi connectivity index (χ4v) is 2.14. The normalized spacial score (nSPS) is 14.4. The number of benzene rings is 1. The number of halogens is 1. The lowest BCUT2D eigenvalue weighted by molar-refractivity contribution is -0.146. The molecule has 0 radical (unpaired) electrons. The zero-order chi connectivity index (χ0) is 20.2. The fourth-order valence-electron chi connectivity index (χ4n) is 2.14. The Labute approximate surface area is 160 Å². The van der Waals surface area contributed by atoms with Crippen molar-refractivity contribution in [3.63, 3.8) is 0 Å². The summed E-state index contributed by atoms with van der Waals surface area (Å²) >= 11 is 0. The van der Waals surface area contributed by atoms with Gasteiger partial charge in [0.15, 0.2) is 0 Å². The number of ether oxygens (including phenoxy) is 2. The lowest BCUT2D eigenvalue weighted by Crippen LogP contribution is -2.23. The van der Waals surface area contributed by atoms with E-state index in [1.807, 2.05) is 0 Å². The summed E-state index contributed by atoms with van der Waals surface area (Å²) in [5, 5.41) is 8.53. The van der Waals surface area contributed by atoms with E-state index in [2.05, 4.69) is 13.2 Å². The van der Waals surface area contributed by atoms with E-state index < -0.39 is 5.97 Å². The average molecular weight is 377 g/mol. The van der Waals surface area contributed by atoms with E-state index in [0.717, 1.165) is 5.56 Å². The monoisotopic (exact) mass is 377 g/mol. The van der Waals surface area contributed by atoms with Crippen LogP contribution in [0.2, 0.25) is 0 Å². The van der Waals surface area contributed by atoms with Gasteiger partial charge >= 0.3 is 5.97 Å². The Morgan fingerprint density at radius 1 is 1.44 bits per heavy atom. The zero-order valence-electron chi connectivity index (χ0n) is 15.7. The van der Waals surface area contributed by atoms with Gasteiger partial charge in [-0.05, 0) is 49.5 Å². The first-order chi connectivity index (χ1) is 12.9. The van der Waals surface area contributed by atoms with Crippen molar-refractivity contribution in [1.29, 1.82) is 0 Å². The number of aliphatic hydroxyl groups is 1. The summed E-state index contributed by atoms with van der Waals surface area (Å²) in [6.45, 7) is 8.94. The quantitative estimate of drug-likeness (QED) is 0.388. The zero-order valence-corrected chi connectivity index (χ0v) is 15.7. The van der Waals surface area contributed by atoms with Gasteiger partial charge in [0, 0.05) is 12.5 Å². The van der Waals surface area contributed by atoms with Crippen molar-refractivity contribution in [3.05, 3.63) is 66.7 Å². The first kappa shape index (κ1) is 22.4. The topological polar surface area (TPSA) is 81.8 Å². The van der Waals surface area contributed by atoms with E-state index in [-0.39, 0.29) is 24.2 Å². The first-order valence-corrected chi connectivity index (χ1v) is 8.84. The van der Waals surface area contributed by atoms with Gasteiger partial charge in [-0.3, -0.25) is 4.79 Å². The van der Waals surface area contributed by atoms with Gasteiger partial charge in [-0.15, -0.1) is 0 Å². The maximum absolute atomic E-state index is 13.3. The van der Waals surface area contributed by atoms with Crippen molar-refractivity contribution in [2.24, 2.45) is 11.7 Å². The number of aliphatic hydroxyl groups excluding tert-OH is 1. The third-order valence-corrected chi connectivity index (χ3v) is 3.71. The summed E-state index contributed by atoms with van der Waals surface area (Å²) in [6.07, 6.45) is 6.82. The Bertz CT molecular complexity index is 668. The molecule has 1 aromatic rings. The van der Waals surface area contributed by atoms with E-state index in [1.165, 1.54) is 43.2 Å². The molecule has 0 saturated heterocycles. The highest BCUT2D eigenvalue weighted by molar-refractivity contribution is 5.71. The molecule has 3 N–H and O–H groups in total. The van der Waals surface area contributed by atoms with Gasteiger partial charge < -0.3 is 20.3 Å². The minimum atomic E-state index is -0.444. The number of hydrogen-bond acceptors (Lipinski definition) is 5. The summed E-state index contributed by atoms with van der Waals surface area (Å²) in [6, 6.07) is 4.44. The van der Waals surface area contributed by atoms with Crippen LogP contribution in [0.4, 0.5) is 4.39 Å². The molecule has 148 valence electrons. The van der Waals surface area contributed by atoms with Gasteiger partial charge in [-0.2, -0.15) is 0 Å². The molecule has 5 nitrogen and oxygen atoms in total. The van der Waals surface area contributed by atoms with E-state index in [0.29, 0.717) is 24.7 Å². The Morgan fingerprint density at radius 3 is 2.67 bits per heavy atom. The molecule has 27 heavy (non-hydrogen) atoms. The molecule has 1 saturated carbocycles. The van der Waals surface area contributed by atoms with Crippen LogP contribution in [0.1, 0.15) is 25.3 Å². The first-order valence-electron chi connectivity index (χ1n) is 8.84. The standard InChI is InChI=1S/C15H20FNO3.C6H8O/c1-10(20-15(18)8-17)6-12-4-5-13(16)7-14(12)19-9-11-2-3-11;1-3-5-6(7)4-2/h4-5,7,10-11H,2-3,6,8-9,17H2,1H3;3-5,7H,1-2H2/b;6-5+. The largest absolute Gasteiger partial charge is 0.508 e. The van der Waals surface area contributed by atoms with Crippen LogP contribution >= 0.6 is 0 Å². The lowest BCUT2D eigenvalue weighted by Gasteiger charge is -2.16. The SMILES string of the molecule is C=C/C=C(/O)C=C.CC(Cc1ccc(F)cc1OCC1CC1)OC(=O)CN. The van der Waals surface area contributed by atoms with Crippen molar-refractivity contribution in [1.82, 2.24) is 0 Å². The number of allylic oxidation sites excluding steroid dienone is 3. The Morgan fingerprint density at radius 2 is 2.15 bits per heavy atom. The highest BCUT2D eigenvalue weighted by Crippen LogP contribution is 2.31. The molecule has 2 rings (SSSR count). The van der Waals surface area contributed by atoms with Crippen molar-refractivity contribution >= 4 is 5.97 Å². The van der Waals surface area contributed by atoms with Crippen molar-refractivity contribution in [3.8, 4) is 5.75 Å². The molecule has 0 spiro atoms. The van der Waals surface area contributed by atoms with Crippen molar-refractivity contribution in [2.45, 2.75) is 32.3 Å². The second kappa shape index (κ2) is 11.9. The molecule has 1 aliphatic carbocycles. The number of nitrogens with two attached hydrogens (primary N) is 1. The van der Waals surface area contributed by atoms with Crippen LogP contribution in [0, 0.1) is 11.7 Å². The molecule has 1 unspecified atom stereocenters. The summed E-state index contributed by atoms with van der Waals surface area (Å²) in [7, 11) is 0. The third kappa shape index (κ3) is 9.61. The maximum atomic E-state index is 13.3. The summed E-state index contributed by atoms with van der Waals surface area (Å²) < 4.78 is 24.1. The molecule has 1 atom stereocenters. The molecule has 1 aliphatic rings. The van der Waals surface area contributed by atoms with E-state index in [1.54, 1.807) is 13.0 Å². The van der Waals surface area contributed by atoms with Gasteiger partial charge in [-0.25, -0.2) is 4.39 Å². The van der Waals surface area contributed by atoms with Crippen LogP contribution in [-0.2, 0) is 16.0 Å². The molecule has 0 heterocycles. The molecular weight excluding hydrogens is 349 g/mol. The van der Waals surface area contributed by atoms with E-state index >= 15 is 0 Å². The van der Waals surface area contributed by atoms with Crippen molar-refractivity contribution in [2.75, 3.05) is 13.2 Å². The number of esters is 1. The number of rotatable bonds is 9. The lowest BCUT2D eigenvalue weighted by atomic mass is 10.1. The molecule has 0 aliphatic heterocycles. The van der Waals surface area contributed by atoms with Crippen molar-refractivity contribution < 1.29 is 23.8 Å². The summed E-state index contributed by atoms with van der Waals surface area (Å²) in [5.74, 6) is 0.507. The number of hydrogen-bond donors (Lipinski definition) is 2. The fraction of sp³-hybridized carbons (Fsp3) is 0.381. The van der Waals surface area contributed by atoms with E-state index in [4.69, 9.17) is 20.3 Å². The Balaban J connectivity index is 0.000000445. The molecular formula is C21H28FNO4. The minimum Gasteiger partial charge on any atom is -0.508 e. The molecule has 0 aromatic heterocycles.